The van der Waals surface area contributed by atoms with E-state index in [1.54, 1.807) is 13.8 Å². The highest BCUT2D eigenvalue weighted by Crippen LogP contribution is 2.34. The summed E-state index contributed by atoms with van der Waals surface area (Å²) in [5.74, 6) is -2.92. The van der Waals surface area contributed by atoms with Gasteiger partial charge >= 0.3 is 29.8 Å². The molecule has 0 aliphatic carbocycles. The first-order chi connectivity index (χ1) is 20.5. The normalized spacial score (nSPS) is 32.2. The molecule has 0 spiro atoms. The topological polar surface area (TPSA) is 201 Å². The van der Waals surface area contributed by atoms with Gasteiger partial charge in [0.05, 0.1) is 0 Å². The van der Waals surface area contributed by atoms with Crippen LogP contribution in [-0.4, -0.2) is 104 Å². The molecule has 1 N–H and O–H groups in total. The maximum absolute atomic E-state index is 11.5. The number of esters is 5. The molecular weight excluding hydrogens is 588 g/mol. The molecule has 3 aliphatic rings. The number of amides is 1. The molecule has 3 aliphatic heterocycles. The molecule has 3 heterocycles. The monoisotopic (exact) mass is 630 g/mol. The Hall–Kier alpha value is -3.79. The van der Waals surface area contributed by atoms with Crippen molar-refractivity contribution in [3.63, 3.8) is 0 Å². The number of nitrogens with zero attached hydrogens (tertiary/aromatic N) is 1. The summed E-state index contributed by atoms with van der Waals surface area (Å²) in [6, 6.07) is -1.25. The summed E-state index contributed by atoms with van der Waals surface area (Å²) in [6.07, 6.45) is -4.11. The number of carbonyl (C=O) groups is 6. The molecule has 0 radical (unpaired) electrons. The highest BCUT2D eigenvalue weighted by Gasteiger charge is 2.50. The maximum atomic E-state index is 11.5. The molecule has 2 saturated heterocycles. The number of rotatable bonds is 8. The van der Waals surface area contributed by atoms with Crippen LogP contribution in [0.2, 0.25) is 0 Å². The molecule has 3 rings (SSSR count). The van der Waals surface area contributed by atoms with E-state index in [-0.39, 0.29) is 37.1 Å². The molecule has 44 heavy (non-hydrogen) atoms. The van der Waals surface area contributed by atoms with Crippen molar-refractivity contribution in [2.45, 2.75) is 111 Å². The number of aliphatic imine (C=N–C) groups is 1. The lowest BCUT2D eigenvalue weighted by Gasteiger charge is -2.44. The third-order valence-electron chi connectivity index (χ3n) is 6.87. The fourth-order valence-electron chi connectivity index (χ4n) is 4.94. The van der Waals surface area contributed by atoms with Crippen LogP contribution in [0.25, 0.3) is 0 Å². The van der Waals surface area contributed by atoms with Crippen molar-refractivity contribution >= 4 is 41.7 Å². The van der Waals surface area contributed by atoms with Crippen LogP contribution in [0, 0.1) is 11.8 Å². The van der Waals surface area contributed by atoms with Crippen LogP contribution in [-0.2, 0) is 66.7 Å². The van der Waals surface area contributed by atoms with Crippen molar-refractivity contribution in [1.82, 2.24) is 5.32 Å². The van der Waals surface area contributed by atoms with E-state index in [0.717, 1.165) is 0 Å². The summed E-state index contributed by atoms with van der Waals surface area (Å²) in [6.45, 7) is 13.0. The summed E-state index contributed by atoms with van der Waals surface area (Å²) < 4.78 is 42.5. The highest BCUT2D eigenvalue weighted by atomic mass is 16.7. The average molecular weight is 631 g/mol. The van der Waals surface area contributed by atoms with E-state index in [0.29, 0.717) is 5.90 Å². The molecule has 10 atom stereocenters. The van der Waals surface area contributed by atoms with E-state index in [1.807, 2.05) is 6.92 Å². The lowest BCUT2D eigenvalue weighted by molar-refractivity contribution is -0.253. The molecule has 0 saturated carbocycles. The Labute approximate surface area is 255 Å². The quantitative estimate of drug-likeness (QED) is 0.288. The smallest absolute Gasteiger partial charge is 0.305 e. The van der Waals surface area contributed by atoms with Crippen LogP contribution in [0.5, 0.6) is 0 Å². The van der Waals surface area contributed by atoms with Gasteiger partial charge in [0.25, 0.3) is 0 Å². The van der Waals surface area contributed by atoms with Crippen molar-refractivity contribution in [2.24, 2.45) is 16.8 Å². The Kier molecular flexibility index (Phi) is 13.5. The maximum Gasteiger partial charge on any atom is 0.305 e. The minimum absolute atomic E-state index is 0.0971. The van der Waals surface area contributed by atoms with Gasteiger partial charge < -0.3 is 43.2 Å². The second-order valence-corrected chi connectivity index (χ2v) is 10.6. The van der Waals surface area contributed by atoms with E-state index in [2.05, 4.69) is 10.3 Å². The Balaban J connectivity index is 0.000000311. The van der Waals surface area contributed by atoms with Crippen LogP contribution < -0.4 is 5.32 Å². The third kappa shape index (κ3) is 10.7. The fraction of sp³-hybridized carbons (Fsp3) is 0.750. The van der Waals surface area contributed by atoms with Gasteiger partial charge in [-0.05, 0) is 0 Å². The molecule has 0 bridgehead atoms. The lowest BCUT2D eigenvalue weighted by Crippen LogP contribution is -2.63. The van der Waals surface area contributed by atoms with Crippen molar-refractivity contribution in [2.75, 3.05) is 13.2 Å². The first kappa shape index (κ1) is 36.4. The predicted octanol–water partition coefficient (Wildman–Crippen LogP) is 0.569. The number of ether oxygens (including phenoxy) is 8. The zero-order valence-corrected chi connectivity index (χ0v) is 26.4. The van der Waals surface area contributed by atoms with Crippen LogP contribution in [0.1, 0.15) is 62.3 Å². The van der Waals surface area contributed by atoms with Gasteiger partial charge in [0.2, 0.25) is 18.5 Å². The number of hydrogen-bond acceptors (Lipinski definition) is 15. The molecule has 2 fully saturated rings. The van der Waals surface area contributed by atoms with Crippen LogP contribution in [0.15, 0.2) is 4.99 Å². The summed E-state index contributed by atoms with van der Waals surface area (Å²) in [7, 11) is 0. The molecule has 0 aromatic rings. The largest absolute Gasteiger partial charge is 0.463 e. The van der Waals surface area contributed by atoms with Gasteiger partial charge in [0, 0.05) is 60.3 Å². The number of hydrogen-bond donors (Lipinski definition) is 1. The number of nitrogens with one attached hydrogen (secondary N) is 1. The van der Waals surface area contributed by atoms with Gasteiger partial charge in [-0.3, -0.25) is 28.8 Å². The summed E-state index contributed by atoms with van der Waals surface area (Å²) in [5.41, 5.74) is 0. The average Bonchev–Trinajstić information content (AvgIpc) is 3.27. The molecule has 16 nitrogen and oxygen atoms in total. The van der Waals surface area contributed by atoms with Gasteiger partial charge in [-0.15, -0.1) is 0 Å². The van der Waals surface area contributed by atoms with Gasteiger partial charge in [-0.1, -0.05) is 13.8 Å². The third-order valence-corrected chi connectivity index (χ3v) is 6.87. The van der Waals surface area contributed by atoms with Gasteiger partial charge in [-0.25, -0.2) is 4.99 Å². The zero-order chi connectivity index (χ0) is 33.3. The molecule has 1 amide bonds. The van der Waals surface area contributed by atoms with Crippen molar-refractivity contribution < 1.29 is 66.7 Å². The fourth-order valence-corrected chi connectivity index (χ4v) is 4.94. The number of fused-ring (bicyclic) bond motifs is 1. The zero-order valence-electron chi connectivity index (χ0n) is 26.4. The minimum atomic E-state index is -1.17. The standard InChI is InChI=1S/C15H23NO8.C13H19NO6/c1-7-12(6-21-9(3)18)24-15(23-11(5)20)13(16-8(2)17)14(7)22-10(4)19;1-6-10(5-17-8(3)15)20-13-11(14-7(2)18-13)12(6)19-9(4)16/h7,12-15H,6H2,1-5H3,(H,16,17);6,10-13H,5H2,1-4H3/t7-,12+,13+,14-,15+;6-,10+,11+,12-,13-/m00/s1. The number of carbonyl (C=O) groups excluding carboxylic acids is 6. The lowest BCUT2D eigenvalue weighted by atomic mass is 9.89. The van der Waals surface area contributed by atoms with Crippen LogP contribution in [0.4, 0.5) is 0 Å². The molecule has 0 aromatic heterocycles. The van der Waals surface area contributed by atoms with E-state index < -0.39 is 72.8 Å². The Morgan fingerprint density at radius 3 is 1.66 bits per heavy atom. The predicted molar refractivity (Wildman–Crippen MR) is 147 cm³/mol. The minimum Gasteiger partial charge on any atom is -0.463 e. The van der Waals surface area contributed by atoms with E-state index in [4.69, 9.17) is 37.9 Å². The first-order valence-electron chi connectivity index (χ1n) is 14.1. The van der Waals surface area contributed by atoms with Crippen LogP contribution >= 0.6 is 0 Å². The second-order valence-electron chi connectivity index (χ2n) is 10.6. The molecule has 0 unspecified atom stereocenters. The first-order valence-corrected chi connectivity index (χ1v) is 14.1. The second kappa shape index (κ2) is 16.3. The molecular formula is C28H42N2O14. The van der Waals surface area contributed by atoms with Crippen molar-refractivity contribution in [3.8, 4) is 0 Å². The van der Waals surface area contributed by atoms with E-state index in [1.165, 1.54) is 41.5 Å². The summed E-state index contributed by atoms with van der Waals surface area (Å²) in [4.78, 5) is 71.7. The van der Waals surface area contributed by atoms with Crippen LogP contribution in [0.3, 0.4) is 0 Å². The van der Waals surface area contributed by atoms with Crippen molar-refractivity contribution in [1.29, 1.82) is 0 Å². The Morgan fingerprint density at radius 1 is 0.705 bits per heavy atom. The Morgan fingerprint density at radius 2 is 1.18 bits per heavy atom. The van der Waals surface area contributed by atoms with E-state index >= 15 is 0 Å². The SMILES string of the molecule is CC(=O)N[C@H]1[C@H](OC(C)=O)O[C@H](COC(C)=O)[C@H](C)[C@@H]1OC(C)=O.CC(=O)OC[C@H]1O[C@@H]2OC(C)=N[C@@H]2[C@@H](OC(C)=O)[C@H]1C. The van der Waals surface area contributed by atoms with Gasteiger partial charge in [-0.2, -0.15) is 0 Å². The highest BCUT2D eigenvalue weighted by molar-refractivity contribution is 5.75. The molecule has 16 heteroatoms. The summed E-state index contributed by atoms with van der Waals surface area (Å²) >= 11 is 0. The van der Waals surface area contributed by atoms with Gasteiger partial charge in [0.15, 0.2) is 11.9 Å². The molecule has 248 valence electrons. The summed E-state index contributed by atoms with van der Waals surface area (Å²) in [5, 5.41) is 2.58. The Bertz CT molecular complexity index is 1110. The molecule has 0 aromatic carbocycles. The van der Waals surface area contributed by atoms with E-state index in [9.17, 15) is 28.8 Å². The van der Waals surface area contributed by atoms with Crippen molar-refractivity contribution in [3.05, 3.63) is 0 Å². The van der Waals surface area contributed by atoms with Gasteiger partial charge in [0.1, 0.15) is 43.7 Å².